The lowest BCUT2D eigenvalue weighted by Crippen LogP contribution is -2.05. The summed E-state index contributed by atoms with van der Waals surface area (Å²) in [6.07, 6.45) is 1.97. The van der Waals surface area contributed by atoms with Gasteiger partial charge in [-0.3, -0.25) is 0 Å². The van der Waals surface area contributed by atoms with Crippen molar-refractivity contribution >= 4 is 12.0 Å². The molecule has 2 aromatic carbocycles. The minimum atomic E-state index is -0.941. The van der Waals surface area contributed by atoms with E-state index in [2.05, 4.69) is 0 Å². The van der Waals surface area contributed by atoms with Gasteiger partial charge in [-0.25, -0.2) is 4.79 Å². The Kier molecular flexibility index (Phi) is 5.50. The van der Waals surface area contributed by atoms with Crippen molar-refractivity contribution in [2.24, 2.45) is 0 Å². The maximum atomic E-state index is 11.4. The summed E-state index contributed by atoms with van der Waals surface area (Å²) in [7, 11) is 0. The van der Waals surface area contributed by atoms with Crippen molar-refractivity contribution in [3.63, 3.8) is 0 Å². The van der Waals surface area contributed by atoms with Crippen LogP contribution in [0.4, 0.5) is 0 Å². The van der Waals surface area contributed by atoms with Gasteiger partial charge in [0.1, 0.15) is 0 Å². The zero-order chi connectivity index (χ0) is 15.9. The van der Waals surface area contributed by atoms with E-state index in [1.54, 1.807) is 13.0 Å². The fourth-order valence-corrected chi connectivity index (χ4v) is 2.30. The summed E-state index contributed by atoms with van der Waals surface area (Å²) >= 11 is 0. The first-order valence-corrected chi connectivity index (χ1v) is 7.34. The summed E-state index contributed by atoms with van der Waals surface area (Å²) in [6.45, 7) is 1.66. The van der Waals surface area contributed by atoms with Crippen molar-refractivity contribution in [1.82, 2.24) is 0 Å². The van der Waals surface area contributed by atoms with Gasteiger partial charge < -0.3 is 10.2 Å². The number of aliphatic hydroxyl groups excluding tert-OH is 1. The van der Waals surface area contributed by atoms with E-state index in [9.17, 15) is 15.0 Å². The molecule has 0 fully saturated rings. The Bertz CT molecular complexity index is 657. The number of hydrogen-bond donors (Lipinski definition) is 2. The molecule has 0 saturated heterocycles. The lowest BCUT2D eigenvalue weighted by molar-refractivity contribution is -0.132. The molecule has 114 valence electrons. The number of benzene rings is 2. The topological polar surface area (TPSA) is 57.5 Å². The Morgan fingerprint density at radius 3 is 2.36 bits per heavy atom. The van der Waals surface area contributed by atoms with Crippen molar-refractivity contribution in [1.29, 1.82) is 0 Å². The van der Waals surface area contributed by atoms with Gasteiger partial charge in [0.15, 0.2) is 0 Å². The number of carboxylic acid groups (broad SMARTS) is 1. The van der Waals surface area contributed by atoms with Crippen molar-refractivity contribution < 1.29 is 15.0 Å². The van der Waals surface area contributed by atoms with E-state index in [1.807, 2.05) is 54.6 Å². The van der Waals surface area contributed by atoms with Gasteiger partial charge in [0, 0.05) is 5.57 Å². The summed E-state index contributed by atoms with van der Waals surface area (Å²) < 4.78 is 0. The molecule has 0 saturated carbocycles. The molecule has 22 heavy (non-hydrogen) atoms. The van der Waals surface area contributed by atoms with Gasteiger partial charge in [-0.05, 0) is 42.5 Å². The smallest absolute Gasteiger partial charge is 0.331 e. The summed E-state index contributed by atoms with van der Waals surface area (Å²) in [5, 5.41) is 18.7. The van der Waals surface area contributed by atoms with Crippen LogP contribution in [-0.2, 0) is 4.79 Å². The molecule has 0 aliphatic rings. The van der Waals surface area contributed by atoms with Gasteiger partial charge >= 0.3 is 5.97 Å². The second-order valence-electron chi connectivity index (χ2n) is 5.32. The molecule has 0 aliphatic heterocycles. The predicted octanol–water partition coefficient (Wildman–Crippen LogP) is 3.98. The molecule has 0 radical (unpaired) electrons. The van der Waals surface area contributed by atoms with Gasteiger partial charge in [-0.2, -0.15) is 0 Å². The van der Waals surface area contributed by atoms with E-state index < -0.39 is 12.1 Å². The van der Waals surface area contributed by atoms with E-state index in [0.717, 1.165) is 16.7 Å². The first-order valence-electron chi connectivity index (χ1n) is 7.34. The molecular weight excluding hydrogens is 276 g/mol. The van der Waals surface area contributed by atoms with Gasteiger partial charge in [0.05, 0.1) is 6.10 Å². The van der Waals surface area contributed by atoms with Crippen molar-refractivity contribution in [3.8, 4) is 11.1 Å². The Balaban J connectivity index is 2.39. The molecule has 0 bridgehead atoms. The predicted molar refractivity (Wildman–Crippen MR) is 88.4 cm³/mol. The van der Waals surface area contributed by atoms with Crippen LogP contribution in [0.25, 0.3) is 17.2 Å². The quantitative estimate of drug-likeness (QED) is 0.793. The third kappa shape index (κ3) is 4.30. The third-order valence-corrected chi connectivity index (χ3v) is 3.48. The normalized spacial score (nSPS) is 12.9. The minimum Gasteiger partial charge on any atom is -0.478 e. The molecule has 0 amide bonds. The van der Waals surface area contributed by atoms with E-state index in [4.69, 9.17) is 0 Å². The Labute approximate surface area is 130 Å². The van der Waals surface area contributed by atoms with Crippen LogP contribution in [0.5, 0.6) is 0 Å². The molecule has 3 heteroatoms. The number of aliphatic carboxylic acids is 1. The Morgan fingerprint density at radius 2 is 1.73 bits per heavy atom. The highest BCUT2D eigenvalue weighted by Crippen LogP contribution is 2.26. The molecular formula is C19H20O3. The molecule has 1 atom stereocenters. The average molecular weight is 296 g/mol. The first kappa shape index (κ1) is 16.0. The number of rotatable bonds is 6. The SMILES string of the molecule is CC(O)CCC(=Cc1ccccc1-c1ccccc1)C(=O)O. The Morgan fingerprint density at radius 1 is 1.09 bits per heavy atom. The molecule has 0 spiro atoms. The number of carbonyl (C=O) groups is 1. The van der Waals surface area contributed by atoms with Crippen LogP contribution in [0, 0.1) is 0 Å². The van der Waals surface area contributed by atoms with Crippen LogP contribution >= 0.6 is 0 Å². The van der Waals surface area contributed by atoms with Crippen LogP contribution in [-0.4, -0.2) is 22.3 Å². The third-order valence-electron chi connectivity index (χ3n) is 3.48. The summed E-state index contributed by atoms with van der Waals surface area (Å²) in [6, 6.07) is 17.6. The minimum absolute atomic E-state index is 0.310. The van der Waals surface area contributed by atoms with Crippen LogP contribution in [0.15, 0.2) is 60.2 Å². The highest BCUT2D eigenvalue weighted by molar-refractivity contribution is 5.93. The molecule has 0 aliphatic carbocycles. The summed E-state index contributed by atoms with van der Waals surface area (Å²) in [5.41, 5.74) is 3.23. The van der Waals surface area contributed by atoms with Gasteiger partial charge in [0.25, 0.3) is 0 Å². The van der Waals surface area contributed by atoms with E-state index in [-0.39, 0.29) is 0 Å². The fraction of sp³-hybridized carbons (Fsp3) is 0.211. The van der Waals surface area contributed by atoms with Crippen molar-refractivity contribution in [2.45, 2.75) is 25.9 Å². The number of hydrogen-bond acceptors (Lipinski definition) is 2. The highest BCUT2D eigenvalue weighted by Gasteiger charge is 2.11. The zero-order valence-corrected chi connectivity index (χ0v) is 12.6. The van der Waals surface area contributed by atoms with Gasteiger partial charge in [0.2, 0.25) is 0 Å². The van der Waals surface area contributed by atoms with Crippen LogP contribution in [0.2, 0.25) is 0 Å². The highest BCUT2D eigenvalue weighted by atomic mass is 16.4. The molecule has 2 aromatic rings. The number of aliphatic hydroxyl groups is 1. The number of carboxylic acids is 1. The van der Waals surface area contributed by atoms with E-state index in [0.29, 0.717) is 18.4 Å². The lowest BCUT2D eigenvalue weighted by Gasteiger charge is -2.09. The second-order valence-corrected chi connectivity index (χ2v) is 5.32. The maximum Gasteiger partial charge on any atom is 0.331 e. The van der Waals surface area contributed by atoms with Crippen LogP contribution < -0.4 is 0 Å². The molecule has 2 rings (SSSR count). The monoisotopic (exact) mass is 296 g/mol. The average Bonchev–Trinajstić information content (AvgIpc) is 2.52. The molecule has 0 heterocycles. The van der Waals surface area contributed by atoms with Crippen molar-refractivity contribution in [2.75, 3.05) is 0 Å². The lowest BCUT2D eigenvalue weighted by atomic mass is 9.96. The van der Waals surface area contributed by atoms with Gasteiger partial charge in [-0.1, -0.05) is 54.6 Å². The summed E-state index contributed by atoms with van der Waals surface area (Å²) in [5.74, 6) is -0.941. The van der Waals surface area contributed by atoms with Crippen LogP contribution in [0.3, 0.4) is 0 Å². The van der Waals surface area contributed by atoms with Crippen LogP contribution in [0.1, 0.15) is 25.3 Å². The molecule has 2 N–H and O–H groups in total. The second kappa shape index (κ2) is 7.57. The van der Waals surface area contributed by atoms with Gasteiger partial charge in [-0.15, -0.1) is 0 Å². The fourth-order valence-electron chi connectivity index (χ4n) is 2.30. The molecule has 1 unspecified atom stereocenters. The summed E-state index contributed by atoms with van der Waals surface area (Å²) in [4.78, 5) is 11.4. The van der Waals surface area contributed by atoms with Crippen molar-refractivity contribution in [3.05, 3.63) is 65.7 Å². The standard InChI is InChI=1S/C19H20O3/c1-14(20)11-12-17(19(21)22)13-16-9-5-6-10-18(16)15-7-3-2-4-8-15/h2-10,13-14,20H,11-12H2,1H3,(H,21,22). The maximum absolute atomic E-state index is 11.4. The molecule has 0 aromatic heterocycles. The van der Waals surface area contributed by atoms with E-state index >= 15 is 0 Å². The zero-order valence-electron chi connectivity index (χ0n) is 12.6. The largest absolute Gasteiger partial charge is 0.478 e. The van der Waals surface area contributed by atoms with E-state index in [1.165, 1.54) is 0 Å². The first-order chi connectivity index (χ1) is 10.6. The Hall–Kier alpha value is -2.39. The molecule has 3 nitrogen and oxygen atoms in total.